The second-order valence-electron chi connectivity index (χ2n) is 4.06. The van der Waals surface area contributed by atoms with Crippen LogP contribution in [0.15, 0.2) is 24.3 Å². The predicted octanol–water partition coefficient (Wildman–Crippen LogP) is 1.06. The number of nitrogens with zero attached hydrogens (tertiary/aromatic N) is 2. The molecule has 0 atom stereocenters. The van der Waals surface area contributed by atoms with E-state index in [1.807, 2.05) is 31.3 Å². The van der Waals surface area contributed by atoms with Gasteiger partial charge in [-0.25, -0.2) is 4.79 Å². The highest BCUT2D eigenvalue weighted by Crippen LogP contribution is 2.19. The van der Waals surface area contributed by atoms with Crippen molar-refractivity contribution in [1.29, 1.82) is 0 Å². The van der Waals surface area contributed by atoms with Crippen molar-refractivity contribution in [2.24, 2.45) is 5.73 Å². The number of rotatable bonds is 3. The van der Waals surface area contributed by atoms with Crippen molar-refractivity contribution in [3.8, 4) is 0 Å². The molecule has 2 amide bonds. The van der Waals surface area contributed by atoms with Gasteiger partial charge in [0.05, 0.1) is 0 Å². The molecule has 0 unspecified atom stereocenters. The Kier molecular flexibility index (Phi) is 3.10. The zero-order chi connectivity index (χ0) is 11.5. The number of benzene rings is 1. The average molecular weight is 219 g/mol. The van der Waals surface area contributed by atoms with E-state index in [1.165, 1.54) is 5.56 Å². The molecule has 2 rings (SSSR count). The first-order valence-electron chi connectivity index (χ1n) is 5.54. The van der Waals surface area contributed by atoms with Crippen molar-refractivity contribution in [2.75, 3.05) is 31.6 Å². The molecule has 0 aliphatic carbocycles. The fourth-order valence-corrected chi connectivity index (χ4v) is 1.90. The summed E-state index contributed by atoms with van der Waals surface area (Å²) in [5, 5.41) is 0. The van der Waals surface area contributed by atoms with Gasteiger partial charge in [0.15, 0.2) is 0 Å². The molecule has 1 saturated heterocycles. The monoisotopic (exact) mass is 219 g/mol. The first-order valence-corrected chi connectivity index (χ1v) is 5.54. The van der Waals surface area contributed by atoms with E-state index in [-0.39, 0.29) is 6.03 Å². The molecule has 1 heterocycles. The van der Waals surface area contributed by atoms with Crippen LogP contribution < -0.4 is 10.6 Å². The molecule has 0 aromatic heterocycles. The Labute approximate surface area is 95.6 Å². The van der Waals surface area contributed by atoms with Gasteiger partial charge in [-0.2, -0.15) is 0 Å². The van der Waals surface area contributed by atoms with Crippen LogP contribution in [-0.2, 0) is 6.42 Å². The highest BCUT2D eigenvalue weighted by atomic mass is 16.2. The molecule has 1 aliphatic heterocycles. The smallest absolute Gasteiger partial charge is 0.324 e. The minimum absolute atomic E-state index is 0.0755. The number of likely N-dealkylation sites (N-methyl/N-ethyl adjacent to an activating group) is 1. The van der Waals surface area contributed by atoms with E-state index in [0.717, 1.165) is 25.2 Å². The Morgan fingerprint density at radius 1 is 1.25 bits per heavy atom. The first-order chi connectivity index (χ1) is 7.72. The minimum atomic E-state index is 0.0755. The normalized spacial score (nSPS) is 16.0. The van der Waals surface area contributed by atoms with Crippen molar-refractivity contribution in [1.82, 2.24) is 4.90 Å². The van der Waals surface area contributed by atoms with Gasteiger partial charge in [0.25, 0.3) is 0 Å². The lowest BCUT2D eigenvalue weighted by molar-refractivity contribution is 0.229. The number of hydrogen-bond donors (Lipinski definition) is 1. The molecule has 1 aromatic rings. The molecule has 1 fully saturated rings. The van der Waals surface area contributed by atoms with Gasteiger partial charge in [-0.3, -0.25) is 4.90 Å². The fraction of sp³-hybridized carbons (Fsp3) is 0.417. The Hall–Kier alpha value is -1.55. The average Bonchev–Trinajstić information content (AvgIpc) is 2.62. The van der Waals surface area contributed by atoms with Crippen LogP contribution in [0.5, 0.6) is 0 Å². The second kappa shape index (κ2) is 4.53. The van der Waals surface area contributed by atoms with Crippen LogP contribution >= 0.6 is 0 Å². The molecule has 0 spiro atoms. The summed E-state index contributed by atoms with van der Waals surface area (Å²) in [7, 11) is 1.82. The lowest BCUT2D eigenvalue weighted by Gasteiger charge is -2.16. The lowest BCUT2D eigenvalue weighted by atomic mass is 10.1. The van der Waals surface area contributed by atoms with E-state index < -0.39 is 0 Å². The van der Waals surface area contributed by atoms with Crippen molar-refractivity contribution < 1.29 is 4.79 Å². The fourth-order valence-electron chi connectivity index (χ4n) is 1.90. The zero-order valence-corrected chi connectivity index (χ0v) is 9.52. The van der Waals surface area contributed by atoms with Gasteiger partial charge < -0.3 is 10.6 Å². The highest BCUT2D eigenvalue weighted by molar-refractivity contribution is 5.93. The van der Waals surface area contributed by atoms with Crippen LogP contribution in [0.4, 0.5) is 10.5 Å². The third-order valence-corrected chi connectivity index (χ3v) is 2.90. The van der Waals surface area contributed by atoms with E-state index in [2.05, 4.69) is 0 Å². The summed E-state index contributed by atoms with van der Waals surface area (Å²) in [4.78, 5) is 15.3. The second-order valence-corrected chi connectivity index (χ2v) is 4.06. The molecule has 16 heavy (non-hydrogen) atoms. The third-order valence-electron chi connectivity index (χ3n) is 2.90. The Morgan fingerprint density at radius 3 is 2.44 bits per heavy atom. The van der Waals surface area contributed by atoms with E-state index in [0.29, 0.717) is 6.54 Å². The minimum Gasteiger partial charge on any atom is -0.330 e. The summed E-state index contributed by atoms with van der Waals surface area (Å²) >= 11 is 0. The molecule has 0 bridgehead atoms. The van der Waals surface area contributed by atoms with Gasteiger partial charge in [-0.1, -0.05) is 12.1 Å². The van der Waals surface area contributed by atoms with E-state index in [4.69, 9.17) is 5.73 Å². The van der Waals surface area contributed by atoms with Gasteiger partial charge >= 0.3 is 6.03 Å². The SMILES string of the molecule is CN1CCN(c2ccc(CCN)cc2)C1=O. The van der Waals surface area contributed by atoms with Crippen LogP contribution in [-0.4, -0.2) is 37.6 Å². The van der Waals surface area contributed by atoms with E-state index >= 15 is 0 Å². The van der Waals surface area contributed by atoms with Crippen molar-refractivity contribution >= 4 is 11.7 Å². The number of urea groups is 1. The van der Waals surface area contributed by atoms with E-state index in [9.17, 15) is 4.79 Å². The molecule has 1 aromatic carbocycles. The van der Waals surface area contributed by atoms with Crippen LogP contribution in [0, 0.1) is 0 Å². The quantitative estimate of drug-likeness (QED) is 0.826. The number of amides is 2. The third kappa shape index (κ3) is 2.02. The van der Waals surface area contributed by atoms with Gasteiger partial charge in [0.1, 0.15) is 0 Å². The highest BCUT2D eigenvalue weighted by Gasteiger charge is 2.26. The molecule has 0 radical (unpaired) electrons. The molecule has 2 N–H and O–H groups in total. The molecule has 86 valence electrons. The first kappa shape index (κ1) is 11.0. The van der Waals surface area contributed by atoms with Crippen LogP contribution in [0.25, 0.3) is 0 Å². The summed E-state index contributed by atoms with van der Waals surface area (Å²) < 4.78 is 0. The summed E-state index contributed by atoms with van der Waals surface area (Å²) in [6, 6.07) is 8.12. The van der Waals surface area contributed by atoms with Crippen LogP contribution in [0.1, 0.15) is 5.56 Å². The molecule has 0 saturated carbocycles. The van der Waals surface area contributed by atoms with Crippen molar-refractivity contribution in [2.45, 2.75) is 6.42 Å². The van der Waals surface area contributed by atoms with Crippen molar-refractivity contribution in [3.05, 3.63) is 29.8 Å². The maximum Gasteiger partial charge on any atom is 0.324 e. The number of carbonyl (C=O) groups excluding carboxylic acids is 1. The topological polar surface area (TPSA) is 49.6 Å². The van der Waals surface area contributed by atoms with Crippen LogP contribution in [0.3, 0.4) is 0 Å². The predicted molar refractivity (Wildman–Crippen MR) is 64.6 cm³/mol. The Bertz CT molecular complexity index is 374. The molecular weight excluding hydrogens is 202 g/mol. The largest absolute Gasteiger partial charge is 0.330 e. The van der Waals surface area contributed by atoms with Crippen molar-refractivity contribution in [3.63, 3.8) is 0 Å². The standard InChI is InChI=1S/C12H17N3O/c1-14-8-9-15(12(14)16)11-4-2-10(3-5-11)6-7-13/h2-5H,6-9,13H2,1H3. The Morgan fingerprint density at radius 2 is 1.94 bits per heavy atom. The number of anilines is 1. The molecule has 4 nitrogen and oxygen atoms in total. The summed E-state index contributed by atoms with van der Waals surface area (Å²) in [5.74, 6) is 0. The molecule has 1 aliphatic rings. The van der Waals surface area contributed by atoms with Gasteiger partial charge in [-0.05, 0) is 30.7 Å². The maximum atomic E-state index is 11.7. The Balaban J connectivity index is 2.13. The van der Waals surface area contributed by atoms with Gasteiger partial charge in [0, 0.05) is 25.8 Å². The van der Waals surface area contributed by atoms with Crippen LogP contribution in [0.2, 0.25) is 0 Å². The maximum absolute atomic E-state index is 11.7. The molecule has 4 heteroatoms. The number of hydrogen-bond acceptors (Lipinski definition) is 2. The van der Waals surface area contributed by atoms with Gasteiger partial charge in [0.2, 0.25) is 0 Å². The number of carbonyl (C=O) groups is 1. The lowest BCUT2D eigenvalue weighted by Crippen LogP contribution is -2.29. The number of nitrogens with two attached hydrogens (primary N) is 1. The summed E-state index contributed by atoms with van der Waals surface area (Å²) in [6.45, 7) is 2.22. The zero-order valence-electron chi connectivity index (χ0n) is 9.52. The van der Waals surface area contributed by atoms with Gasteiger partial charge in [-0.15, -0.1) is 0 Å². The molecular formula is C12H17N3O. The van der Waals surface area contributed by atoms with E-state index in [1.54, 1.807) is 9.80 Å². The summed E-state index contributed by atoms with van der Waals surface area (Å²) in [6.07, 6.45) is 0.883. The summed E-state index contributed by atoms with van der Waals surface area (Å²) in [5.41, 5.74) is 7.67.